The molecule has 2 unspecified atom stereocenters. The standard InChI is InChI=1S/C37H44N2O3/c1-37(2,3)42-36(41)39(38(28-32-20-12-6-13-21-32)29-33-22-14-7-15-23-33)34(26-31-18-10-5-11-19-31)27-35(40)25-24-30-16-8-4-9-17-30/h4-23,34-35,40H,24-29H2,1-3H3. The van der Waals surface area contributed by atoms with Crippen LogP contribution in [0.4, 0.5) is 4.79 Å². The second-order valence-corrected chi connectivity index (χ2v) is 11.9. The van der Waals surface area contributed by atoms with Crippen molar-refractivity contribution in [2.75, 3.05) is 0 Å². The Bertz CT molecular complexity index is 1280. The summed E-state index contributed by atoms with van der Waals surface area (Å²) < 4.78 is 6.05. The van der Waals surface area contributed by atoms with Gasteiger partial charge in [-0.2, -0.15) is 0 Å². The lowest BCUT2D eigenvalue weighted by atomic mass is 9.96. The lowest BCUT2D eigenvalue weighted by molar-refractivity contribution is -0.0901. The van der Waals surface area contributed by atoms with E-state index in [1.807, 2.05) is 93.6 Å². The molecule has 1 amide bonds. The van der Waals surface area contributed by atoms with Crippen LogP contribution >= 0.6 is 0 Å². The molecule has 0 saturated heterocycles. The van der Waals surface area contributed by atoms with E-state index < -0.39 is 17.8 Å². The average molecular weight is 565 g/mol. The number of carbonyl (C=O) groups is 1. The molecule has 4 rings (SSSR count). The molecule has 220 valence electrons. The number of amides is 1. The first kappa shape index (κ1) is 31.0. The topological polar surface area (TPSA) is 53.0 Å². The summed E-state index contributed by atoms with van der Waals surface area (Å²) in [5.74, 6) is 0. The van der Waals surface area contributed by atoms with E-state index in [-0.39, 0.29) is 6.04 Å². The van der Waals surface area contributed by atoms with Gasteiger partial charge in [0.1, 0.15) is 5.60 Å². The van der Waals surface area contributed by atoms with E-state index in [9.17, 15) is 9.90 Å². The Morgan fingerprint density at radius 2 is 1.12 bits per heavy atom. The minimum atomic E-state index is -0.677. The van der Waals surface area contributed by atoms with E-state index >= 15 is 0 Å². The van der Waals surface area contributed by atoms with Crippen molar-refractivity contribution in [3.8, 4) is 0 Å². The maximum Gasteiger partial charge on any atom is 0.425 e. The summed E-state index contributed by atoms with van der Waals surface area (Å²) in [5, 5.41) is 15.2. The molecule has 5 heteroatoms. The van der Waals surface area contributed by atoms with Gasteiger partial charge in [-0.1, -0.05) is 121 Å². The Morgan fingerprint density at radius 1 is 0.690 bits per heavy atom. The van der Waals surface area contributed by atoms with Gasteiger partial charge in [0.15, 0.2) is 0 Å². The molecule has 0 aliphatic carbocycles. The summed E-state index contributed by atoms with van der Waals surface area (Å²) in [7, 11) is 0. The summed E-state index contributed by atoms with van der Waals surface area (Å²) in [4.78, 5) is 14.2. The smallest absolute Gasteiger partial charge is 0.425 e. The molecule has 0 aliphatic rings. The first-order valence-electron chi connectivity index (χ1n) is 14.9. The lowest BCUT2D eigenvalue weighted by Crippen LogP contribution is -2.54. The van der Waals surface area contributed by atoms with Crippen LogP contribution in [0.25, 0.3) is 0 Å². The van der Waals surface area contributed by atoms with Gasteiger partial charge in [-0.25, -0.2) is 14.8 Å². The number of benzene rings is 4. The molecule has 0 radical (unpaired) electrons. The molecule has 0 bridgehead atoms. The van der Waals surface area contributed by atoms with Crippen LogP contribution in [-0.4, -0.2) is 39.0 Å². The van der Waals surface area contributed by atoms with Gasteiger partial charge in [0, 0.05) is 13.1 Å². The molecule has 1 N–H and O–H groups in total. The Kier molecular flexibility index (Phi) is 11.3. The molecule has 5 nitrogen and oxygen atoms in total. The molecule has 4 aromatic rings. The highest BCUT2D eigenvalue weighted by atomic mass is 16.6. The van der Waals surface area contributed by atoms with Crippen LogP contribution in [0.15, 0.2) is 121 Å². The molecule has 0 spiro atoms. The van der Waals surface area contributed by atoms with Crippen LogP contribution in [0.5, 0.6) is 0 Å². The van der Waals surface area contributed by atoms with Crippen LogP contribution in [0.3, 0.4) is 0 Å². The number of hydrogen-bond acceptors (Lipinski definition) is 4. The summed E-state index contributed by atoms with van der Waals surface area (Å²) in [6, 6.07) is 40.4. The van der Waals surface area contributed by atoms with Gasteiger partial charge in [0.25, 0.3) is 0 Å². The number of aliphatic hydroxyl groups is 1. The summed E-state index contributed by atoms with van der Waals surface area (Å²) in [6.45, 7) is 6.70. The molecule has 0 heterocycles. The Labute approximate surface area is 251 Å². The fourth-order valence-corrected chi connectivity index (χ4v) is 5.17. The number of carbonyl (C=O) groups excluding carboxylic acids is 1. The van der Waals surface area contributed by atoms with Gasteiger partial charge in [-0.05, 0) is 68.7 Å². The highest BCUT2D eigenvalue weighted by Crippen LogP contribution is 2.25. The van der Waals surface area contributed by atoms with Gasteiger partial charge >= 0.3 is 6.09 Å². The molecule has 0 aliphatic heterocycles. The maximum atomic E-state index is 14.2. The van der Waals surface area contributed by atoms with Crippen molar-refractivity contribution >= 4 is 6.09 Å². The zero-order valence-corrected chi connectivity index (χ0v) is 25.1. The monoisotopic (exact) mass is 564 g/mol. The summed E-state index contributed by atoms with van der Waals surface area (Å²) in [5.41, 5.74) is 3.79. The molecule has 0 saturated carbocycles. The predicted molar refractivity (Wildman–Crippen MR) is 170 cm³/mol. The number of nitrogens with zero attached hydrogens (tertiary/aromatic N) is 2. The molecule has 2 atom stereocenters. The van der Waals surface area contributed by atoms with Crippen LogP contribution in [0.1, 0.15) is 55.9 Å². The average Bonchev–Trinajstić information content (AvgIpc) is 2.97. The molecule has 42 heavy (non-hydrogen) atoms. The number of aryl methyl sites for hydroxylation is 1. The van der Waals surface area contributed by atoms with Gasteiger partial charge < -0.3 is 9.84 Å². The molecule has 0 aromatic heterocycles. The minimum absolute atomic E-state index is 0.333. The summed E-state index contributed by atoms with van der Waals surface area (Å²) in [6.07, 6.45) is 1.37. The second kappa shape index (κ2) is 15.3. The van der Waals surface area contributed by atoms with Crippen molar-refractivity contribution in [3.05, 3.63) is 144 Å². The van der Waals surface area contributed by atoms with E-state index in [0.29, 0.717) is 32.4 Å². The minimum Gasteiger partial charge on any atom is -0.443 e. The van der Waals surface area contributed by atoms with Gasteiger partial charge in [-0.3, -0.25) is 0 Å². The lowest BCUT2D eigenvalue weighted by Gasteiger charge is -2.42. The van der Waals surface area contributed by atoms with E-state index in [1.54, 1.807) is 5.01 Å². The van der Waals surface area contributed by atoms with E-state index in [4.69, 9.17) is 4.74 Å². The largest absolute Gasteiger partial charge is 0.443 e. The first-order valence-corrected chi connectivity index (χ1v) is 14.9. The van der Waals surface area contributed by atoms with Gasteiger partial charge in [-0.15, -0.1) is 0 Å². The van der Waals surface area contributed by atoms with Crippen LogP contribution in [0.2, 0.25) is 0 Å². The number of aliphatic hydroxyl groups excluding tert-OH is 1. The van der Waals surface area contributed by atoms with Crippen molar-refractivity contribution < 1.29 is 14.6 Å². The number of hydrogen-bond donors (Lipinski definition) is 1. The Morgan fingerprint density at radius 3 is 1.57 bits per heavy atom. The van der Waals surface area contributed by atoms with E-state index in [0.717, 1.165) is 23.1 Å². The molecule has 0 fully saturated rings. The van der Waals surface area contributed by atoms with E-state index in [2.05, 4.69) is 53.5 Å². The summed E-state index contributed by atoms with van der Waals surface area (Å²) >= 11 is 0. The molecular weight excluding hydrogens is 520 g/mol. The third kappa shape index (κ3) is 10.2. The second-order valence-electron chi connectivity index (χ2n) is 11.9. The van der Waals surface area contributed by atoms with Crippen LogP contribution < -0.4 is 0 Å². The molecule has 4 aromatic carbocycles. The van der Waals surface area contributed by atoms with Crippen molar-refractivity contribution in [3.63, 3.8) is 0 Å². The quantitative estimate of drug-likeness (QED) is 0.168. The Balaban J connectivity index is 1.70. The third-order valence-electron chi connectivity index (χ3n) is 7.11. The normalized spacial score (nSPS) is 13.0. The molecular formula is C37H44N2O3. The van der Waals surface area contributed by atoms with Crippen molar-refractivity contribution in [1.29, 1.82) is 0 Å². The van der Waals surface area contributed by atoms with Gasteiger partial charge in [0.2, 0.25) is 0 Å². The predicted octanol–water partition coefficient (Wildman–Crippen LogP) is 7.84. The third-order valence-corrected chi connectivity index (χ3v) is 7.11. The van der Waals surface area contributed by atoms with Crippen molar-refractivity contribution in [1.82, 2.24) is 10.0 Å². The highest BCUT2D eigenvalue weighted by molar-refractivity contribution is 5.68. The van der Waals surface area contributed by atoms with Crippen molar-refractivity contribution in [2.45, 2.75) is 77.3 Å². The first-order chi connectivity index (χ1) is 20.3. The number of hydrazine groups is 1. The SMILES string of the molecule is CC(C)(C)OC(=O)N(C(Cc1ccccc1)CC(O)CCc1ccccc1)N(Cc1ccccc1)Cc1ccccc1. The zero-order chi connectivity index (χ0) is 29.8. The fourth-order valence-electron chi connectivity index (χ4n) is 5.17. The van der Waals surface area contributed by atoms with Gasteiger partial charge in [0.05, 0.1) is 12.1 Å². The Hall–Kier alpha value is -3.93. The maximum absolute atomic E-state index is 14.2. The number of ether oxygens (including phenoxy) is 1. The van der Waals surface area contributed by atoms with Crippen LogP contribution in [0, 0.1) is 0 Å². The van der Waals surface area contributed by atoms with Crippen molar-refractivity contribution in [2.24, 2.45) is 0 Å². The fraction of sp³-hybridized carbons (Fsp3) is 0.324. The highest BCUT2D eigenvalue weighted by Gasteiger charge is 2.35. The number of rotatable bonds is 13. The van der Waals surface area contributed by atoms with E-state index in [1.165, 1.54) is 5.56 Å². The van der Waals surface area contributed by atoms with Crippen LogP contribution in [-0.2, 0) is 30.7 Å². The zero-order valence-electron chi connectivity index (χ0n) is 25.1.